The molecule has 0 saturated carbocycles. The molecule has 0 heterocycles. The molecule has 0 aliphatic carbocycles. The number of hydrogen-bond acceptors (Lipinski definition) is 2. The van der Waals surface area contributed by atoms with Crippen LogP contribution in [0.25, 0.3) is 120 Å². The average Bonchev–Trinajstić information content (AvgIpc) is 3.34. The maximum absolute atomic E-state index is 5.62. The normalized spacial score (nSPS) is 11.7. The standard InChI is InChI=1S/C60H40O2/c1-61-45-29-27-39-31-43(25-23-41(39)33-45)57-51-20-10-11-21-52(51)58(44-26-24-42-34-46(62-2)30-28-40(42)32-44)56-36-54-53(35-55(56)57)48-18-8-9-19-50(48)60(59(54)38-14-4-3-5-15-38)49-22-12-16-37-13-6-7-17-47(37)49/h3-36H,1-2H3. The number of hydrogen-bond donors (Lipinski definition) is 0. The highest BCUT2D eigenvalue weighted by Gasteiger charge is 2.23. The molecule has 12 aromatic rings. The molecule has 0 aliphatic heterocycles. The van der Waals surface area contributed by atoms with E-state index in [9.17, 15) is 0 Å². The Hall–Kier alpha value is -7.94. The van der Waals surface area contributed by atoms with E-state index in [0.29, 0.717) is 0 Å². The molecule has 0 aliphatic rings. The van der Waals surface area contributed by atoms with E-state index in [-0.39, 0.29) is 0 Å². The van der Waals surface area contributed by atoms with Crippen molar-refractivity contribution in [3.05, 3.63) is 206 Å². The molecule has 0 bridgehead atoms. The number of rotatable bonds is 6. The van der Waals surface area contributed by atoms with Gasteiger partial charge in [0, 0.05) is 0 Å². The van der Waals surface area contributed by atoms with Gasteiger partial charge < -0.3 is 9.47 Å². The molecule has 0 atom stereocenters. The van der Waals surface area contributed by atoms with Crippen molar-refractivity contribution in [3.63, 3.8) is 0 Å². The van der Waals surface area contributed by atoms with Crippen molar-refractivity contribution >= 4 is 75.4 Å². The zero-order valence-corrected chi connectivity index (χ0v) is 34.4. The van der Waals surface area contributed by atoms with Crippen molar-refractivity contribution in [2.24, 2.45) is 0 Å². The molecule has 292 valence electrons. The zero-order chi connectivity index (χ0) is 41.3. The second-order valence-electron chi connectivity index (χ2n) is 16.3. The van der Waals surface area contributed by atoms with Crippen molar-refractivity contribution in [1.29, 1.82) is 0 Å². The molecule has 0 amide bonds. The lowest BCUT2D eigenvalue weighted by Gasteiger charge is -2.23. The first-order chi connectivity index (χ1) is 30.6. The molecule has 12 aromatic carbocycles. The van der Waals surface area contributed by atoms with E-state index in [1.165, 1.54) is 109 Å². The number of benzene rings is 12. The highest BCUT2D eigenvalue weighted by atomic mass is 16.5. The van der Waals surface area contributed by atoms with E-state index in [0.717, 1.165) is 22.3 Å². The summed E-state index contributed by atoms with van der Waals surface area (Å²) in [5, 5.41) is 16.9. The van der Waals surface area contributed by atoms with Crippen LogP contribution in [-0.4, -0.2) is 14.2 Å². The first-order valence-corrected chi connectivity index (χ1v) is 21.2. The Balaban J connectivity index is 1.29. The quantitative estimate of drug-likeness (QED) is 0.123. The molecule has 0 radical (unpaired) electrons. The highest BCUT2D eigenvalue weighted by Crippen LogP contribution is 2.51. The Bertz CT molecular complexity index is 3760. The molecular weight excluding hydrogens is 753 g/mol. The summed E-state index contributed by atoms with van der Waals surface area (Å²) in [6.45, 7) is 0. The van der Waals surface area contributed by atoms with E-state index >= 15 is 0 Å². The van der Waals surface area contributed by atoms with Crippen LogP contribution >= 0.6 is 0 Å². The van der Waals surface area contributed by atoms with Gasteiger partial charge in [-0.1, -0.05) is 158 Å². The maximum Gasteiger partial charge on any atom is 0.119 e. The Labute approximate surface area is 359 Å². The first kappa shape index (κ1) is 36.0. The predicted molar refractivity (Wildman–Crippen MR) is 264 cm³/mol. The van der Waals surface area contributed by atoms with Crippen LogP contribution in [0.3, 0.4) is 0 Å². The van der Waals surface area contributed by atoms with Crippen molar-refractivity contribution in [2.45, 2.75) is 0 Å². The number of ether oxygens (including phenoxy) is 2. The summed E-state index contributed by atoms with van der Waals surface area (Å²) in [7, 11) is 3.45. The van der Waals surface area contributed by atoms with Crippen molar-refractivity contribution in [3.8, 4) is 56.0 Å². The summed E-state index contributed by atoms with van der Waals surface area (Å²) in [6, 6.07) is 76.0. The third-order valence-electron chi connectivity index (χ3n) is 13.0. The van der Waals surface area contributed by atoms with Crippen LogP contribution in [-0.2, 0) is 0 Å². The lowest BCUT2D eigenvalue weighted by atomic mass is 9.80. The molecule has 2 nitrogen and oxygen atoms in total. The molecule has 12 rings (SSSR count). The van der Waals surface area contributed by atoms with Gasteiger partial charge in [0.05, 0.1) is 14.2 Å². The van der Waals surface area contributed by atoms with E-state index in [4.69, 9.17) is 9.47 Å². The molecule has 0 aromatic heterocycles. The molecular formula is C60H40O2. The largest absolute Gasteiger partial charge is 0.497 e. The summed E-state index contributed by atoms with van der Waals surface area (Å²) >= 11 is 0. The topological polar surface area (TPSA) is 18.5 Å². The number of methoxy groups -OCH3 is 2. The minimum Gasteiger partial charge on any atom is -0.497 e. The third-order valence-corrected chi connectivity index (χ3v) is 13.0. The van der Waals surface area contributed by atoms with Crippen LogP contribution in [0.15, 0.2) is 206 Å². The second-order valence-corrected chi connectivity index (χ2v) is 16.3. The minimum absolute atomic E-state index is 0.855. The van der Waals surface area contributed by atoms with Crippen LogP contribution in [0.4, 0.5) is 0 Å². The Morgan fingerprint density at radius 1 is 0.242 bits per heavy atom. The SMILES string of the molecule is COc1ccc2cc(-c3c4ccccc4c(-c4ccc5cc(OC)ccc5c4)c4cc5c(cc34)c(-c3ccccc3)c(-c3cccc4ccccc34)c3ccccc35)ccc2c1. The highest BCUT2D eigenvalue weighted by molar-refractivity contribution is 6.30. The van der Waals surface area contributed by atoms with E-state index in [1.807, 2.05) is 0 Å². The Morgan fingerprint density at radius 2 is 0.694 bits per heavy atom. The van der Waals surface area contributed by atoms with Crippen LogP contribution in [0.2, 0.25) is 0 Å². The molecule has 0 fully saturated rings. The zero-order valence-electron chi connectivity index (χ0n) is 34.4. The van der Waals surface area contributed by atoms with Gasteiger partial charge >= 0.3 is 0 Å². The second kappa shape index (κ2) is 14.4. The van der Waals surface area contributed by atoms with Crippen LogP contribution < -0.4 is 9.47 Å². The van der Waals surface area contributed by atoms with Gasteiger partial charge in [0.15, 0.2) is 0 Å². The fourth-order valence-corrected chi connectivity index (χ4v) is 10.1. The van der Waals surface area contributed by atoms with Crippen LogP contribution in [0, 0.1) is 0 Å². The summed E-state index contributed by atoms with van der Waals surface area (Å²) < 4.78 is 11.2. The summed E-state index contributed by atoms with van der Waals surface area (Å²) in [4.78, 5) is 0. The fourth-order valence-electron chi connectivity index (χ4n) is 10.1. The van der Waals surface area contributed by atoms with Crippen LogP contribution in [0.1, 0.15) is 0 Å². The van der Waals surface area contributed by atoms with Gasteiger partial charge in [0.1, 0.15) is 11.5 Å². The molecule has 0 N–H and O–H groups in total. The molecule has 0 spiro atoms. The van der Waals surface area contributed by atoms with Gasteiger partial charge in [0.2, 0.25) is 0 Å². The Kier molecular flexibility index (Phi) is 8.33. The van der Waals surface area contributed by atoms with Crippen molar-refractivity contribution < 1.29 is 9.47 Å². The molecule has 0 saturated heterocycles. The number of fused-ring (bicyclic) bond motifs is 8. The van der Waals surface area contributed by atoms with Crippen molar-refractivity contribution in [2.75, 3.05) is 14.2 Å². The molecule has 0 unspecified atom stereocenters. The van der Waals surface area contributed by atoms with Crippen LogP contribution in [0.5, 0.6) is 11.5 Å². The Morgan fingerprint density at radius 3 is 1.29 bits per heavy atom. The lowest BCUT2D eigenvalue weighted by molar-refractivity contribution is 0.415. The summed E-state index contributed by atoms with van der Waals surface area (Å²) in [6.07, 6.45) is 0. The van der Waals surface area contributed by atoms with Crippen molar-refractivity contribution in [1.82, 2.24) is 0 Å². The lowest BCUT2D eigenvalue weighted by Crippen LogP contribution is -1.95. The fraction of sp³-hybridized carbons (Fsp3) is 0.0333. The van der Waals surface area contributed by atoms with E-state index < -0.39 is 0 Å². The van der Waals surface area contributed by atoms with Gasteiger partial charge in [-0.3, -0.25) is 0 Å². The predicted octanol–water partition coefficient (Wildman–Crippen LogP) is 16.4. The smallest absolute Gasteiger partial charge is 0.119 e. The minimum atomic E-state index is 0.855. The monoisotopic (exact) mass is 792 g/mol. The average molecular weight is 793 g/mol. The third kappa shape index (κ3) is 5.65. The summed E-state index contributed by atoms with van der Waals surface area (Å²) in [5.41, 5.74) is 9.73. The summed E-state index contributed by atoms with van der Waals surface area (Å²) in [5.74, 6) is 1.71. The first-order valence-electron chi connectivity index (χ1n) is 21.2. The molecule has 62 heavy (non-hydrogen) atoms. The van der Waals surface area contributed by atoms with Gasteiger partial charge in [-0.15, -0.1) is 0 Å². The van der Waals surface area contributed by atoms with E-state index in [2.05, 4.69) is 206 Å². The maximum atomic E-state index is 5.62. The van der Waals surface area contributed by atoms with Gasteiger partial charge in [0.25, 0.3) is 0 Å². The van der Waals surface area contributed by atoms with Gasteiger partial charge in [-0.05, 0) is 168 Å². The molecule has 2 heteroatoms. The van der Waals surface area contributed by atoms with Gasteiger partial charge in [-0.2, -0.15) is 0 Å². The van der Waals surface area contributed by atoms with E-state index in [1.54, 1.807) is 14.2 Å². The van der Waals surface area contributed by atoms with Gasteiger partial charge in [-0.25, -0.2) is 0 Å².